The fourth-order valence-corrected chi connectivity index (χ4v) is 2.42. The van der Waals surface area contributed by atoms with Gasteiger partial charge in [0.2, 0.25) is 0 Å². The molecule has 0 bridgehead atoms. The van der Waals surface area contributed by atoms with E-state index in [9.17, 15) is 0 Å². The molecule has 1 aromatic carbocycles. The van der Waals surface area contributed by atoms with Crippen LogP contribution < -0.4 is 4.74 Å². The minimum absolute atomic E-state index is 0.831. The Morgan fingerprint density at radius 3 is 2.58 bits per heavy atom. The summed E-state index contributed by atoms with van der Waals surface area (Å²) in [6.07, 6.45) is 11.2. The van der Waals surface area contributed by atoms with Gasteiger partial charge in [0.05, 0.1) is 6.61 Å². The first-order chi connectivity index (χ1) is 9.42. The van der Waals surface area contributed by atoms with Crippen molar-refractivity contribution < 1.29 is 4.74 Å². The molecule has 0 unspecified atom stereocenters. The lowest BCUT2D eigenvalue weighted by molar-refractivity contribution is 0.308. The second-order valence-electron chi connectivity index (χ2n) is 5.16. The van der Waals surface area contributed by atoms with Gasteiger partial charge in [0.15, 0.2) is 0 Å². The Labute approximate surface area is 116 Å². The fourth-order valence-electron chi connectivity index (χ4n) is 2.42. The van der Waals surface area contributed by atoms with Gasteiger partial charge in [0.25, 0.3) is 0 Å². The molecule has 0 radical (unpaired) electrons. The lowest BCUT2D eigenvalue weighted by Gasteiger charge is -2.07. The number of unbranched alkanes of at least 4 members (excludes halogenated alkanes) is 6. The molecule has 0 spiro atoms. The maximum Gasteiger partial charge on any atom is 0.128 e. The summed E-state index contributed by atoms with van der Waals surface area (Å²) in [5.41, 5.74) is 1.15. The van der Waals surface area contributed by atoms with Crippen LogP contribution in [-0.2, 0) is 0 Å². The highest BCUT2D eigenvalue weighted by Gasteiger charge is 2.01. The average molecular weight is 259 g/mol. The van der Waals surface area contributed by atoms with Crippen LogP contribution in [0.3, 0.4) is 0 Å². The van der Waals surface area contributed by atoms with Gasteiger partial charge in [-0.1, -0.05) is 51.5 Å². The molecule has 0 fully saturated rings. The zero-order chi connectivity index (χ0) is 13.3. The molecule has 2 rings (SSSR count). The molecule has 19 heavy (non-hydrogen) atoms. The van der Waals surface area contributed by atoms with Gasteiger partial charge in [-0.15, -0.1) is 0 Å². The van der Waals surface area contributed by atoms with Crippen LogP contribution >= 0.6 is 0 Å². The summed E-state index contributed by atoms with van der Waals surface area (Å²) in [5.74, 6) is 1.00. The average Bonchev–Trinajstić information content (AvgIpc) is 2.91. The van der Waals surface area contributed by atoms with Gasteiger partial charge < -0.3 is 9.72 Å². The molecule has 1 N–H and O–H groups in total. The summed E-state index contributed by atoms with van der Waals surface area (Å²) in [7, 11) is 0. The van der Waals surface area contributed by atoms with E-state index < -0.39 is 0 Å². The van der Waals surface area contributed by atoms with Gasteiger partial charge in [0.1, 0.15) is 5.75 Å². The number of nitrogens with one attached hydrogen (secondary N) is 1. The molecule has 104 valence electrons. The number of hydrogen-bond donors (Lipinski definition) is 1. The van der Waals surface area contributed by atoms with Crippen molar-refractivity contribution in [3.05, 3.63) is 30.5 Å². The molecule has 2 aromatic rings. The highest BCUT2D eigenvalue weighted by atomic mass is 16.5. The largest absolute Gasteiger partial charge is 0.493 e. The third kappa shape index (κ3) is 4.30. The summed E-state index contributed by atoms with van der Waals surface area (Å²) >= 11 is 0. The number of aromatic amines is 1. The highest BCUT2D eigenvalue weighted by molar-refractivity contribution is 5.85. The Balaban J connectivity index is 1.64. The Morgan fingerprint density at radius 2 is 1.74 bits per heavy atom. The maximum atomic E-state index is 5.89. The molecule has 0 aliphatic carbocycles. The third-order valence-corrected chi connectivity index (χ3v) is 3.56. The van der Waals surface area contributed by atoms with Crippen molar-refractivity contribution in [2.75, 3.05) is 6.61 Å². The number of fused-ring (bicyclic) bond motifs is 1. The van der Waals surface area contributed by atoms with E-state index in [4.69, 9.17) is 4.74 Å². The molecule has 2 heteroatoms. The van der Waals surface area contributed by atoms with E-state index in [0.717, 1.165) is 24.3 Å². The third-order valence-electron chi connectivity index (χ3n) is 3.56. The monoisotopic (exact) mass is 259 g/mol. The van der Waals surface area contributed by atoms with Crippen molar-refractivity contribution in [3.63, 3.8) is 0 Å². The van der Waals surface area contributed by atoms with Crippen LogP contribution in [0.2, 0.25) is 0 Å². The molecular formula is C17H25NO. The van der Waals surface area contributed by atoms with Crippen LogP contribution in [0.5, 0.6) is 5.75 Å². The summed E-state index contributed by atoms with van der Waals surface area (Å²) in [5, 5.41) is 1.19. The van der Waals surface area contributed by atoms with Gasteiger partial charge in [-0.2, -0.15) is 0 Å². The second-order valence-corrected chi connectivity index (χ2v) is 5.16. The van der Waals surface area contributed by atoms with Crippen molar-refractivity contribution in [2.24, 2.45) is 0 Å². The van der Waals surface area contributed by atoms with E-state index >= 15 is 0 Å². The summed E-state index contributed by atoms with van der Waals surface area (Å²) in [6, 6.07) is 8.25. The lowest BCUT2D eigenvalue weighted by atomic mass is 10.1. The molecule has 0 saturated heterocycles. The van der Waals surface area contributed by atoms with Gasteiger partial charge in [-0.25, -0.2) is 0 Å². The summed E-state index contributed by atoms with van der Waals surface area (Å²) in [6.45, 7) is 3.09. The van der Waals surface area contributed by atoms with Crippen molar-refractivity contribution in [2.45, 2.75) is 51.9 Å². The molecule has 0 aliphatic rings. The Morgan fingerprint density at radius 1 is 0.947 bits per heavy atom. The number of H-pyrrole nitrogens is 1. The van der Waals surface area contributed by atoms with E-state index in [-0.39, 0.29) is 0 Å². The van der Waals surface area contributed by atoms with E-state index in [1.165, 1.54) is 43.9 Å². The molecule has 2 nitrogen and oxygen atoms in total. The van der Waals surface area contributed by atoms with Gasteiger partial charge in [-0.3, -0.25) is 0 Å². The van der Waals surface area contributed by atoms with Crippen molar-refractivity contribution >= 4 is 10.9 Å². The smallest absolute Gasteiger partial charge is 0.128 e. The van der Waals surface area contributed by atoms with Crippen molar-refractivity contribution in [3.8, 4) is 5.75 Å². The van der Waals surface area contributed by atoms with E-state index in [1.807, 2.05) is 12.3 Å². The van der Waals surface area contributed by atoms with Crippen molar-refractivity contribution in [1.82, 2.24) is 4.98 Å². The number of rotatable bonds is 9. The standard InChI is InChI=1S/C17H25NO/c1-2-3-4-5-6-7-8-14-19-17-11-9-10-16-15(17)12-13-18-16/h9-13,18H,2-8,14H2,1H3. The Bertz CT molecular complexity index is 475. The zero-order valence-corrected chi connectivity index (χ0v) is 12.0. The maximum absolute atomic E-state index is 5.89. The second kappa shape index (κ2) is 7.88. The first-order valence-corrected chi connectivity index (χ1v) is 7.60. The minimum Gasteiger partial charge on any atom is -0.493 e. The normalized spacial score (nSPS) is 11.0. The first kappa shape index (κ1) is 14.0. The van der Waals surface area contributed by atoms with Gasteiger partial charge in [0, 0.05) is 17.1 Å². The van der Waals surface area contributed by atoms with Crippen molar-refractivity contribution in [1.29, 1.82) is 0 Å². The summed E-state index contributed by atoms with van der Waals surface area (Å²) < 4.78 is 5.89. The lowest BCUT2D eigenvalue weighted by Crippen LogP contribution is -1.97. The van der Waals surface area contributed by atoms with Crippen LogP contribution in [0, 0.1) is 0 Å². The molecule has 0 aliphatic heterocycles. The SMILES string of the molecule is CCCCCCCCCOc1cccc2[nH]ccc12. The molecule has 0 saturated carbocycles. The number of aromatic nitrogens is 1. The van der Waals surface area contributed by atoms with Gasteiger partial charge in [-0.05, 0) is 24.6 Å². The van der Waals surface area contributed by atoms with Crippen LogP contribution in [0.25, 0.3) is 10.9 Å². The predicted octanol–water partition coefficient (Wildman–Crippen LogP) is 5.30. The first-order valence-electron chi connectivity index (χ1n) is 7.60. The summed E-state index contributed by atoms with van der Waals surface area (Å²) in [4.78, 5) is 3.21. The topological polar surface area (TPSA) is 25.0 Å². The fraction of sp³-hybridized carbons (Fsp3) is 0.529. The zero-order valence-electron chi connectivity index (χ0n) is 12.0. The van der Waals surface area contributed by atoms with Gasteiger partial charge >= 0.3 is 0 Å². The Kier molecular flexibility index (Phi) is 5.80. The molecule has 0 atom stereocenters. The van der Waals surface area contributed by atoms with Crippen LogP contribution in [-0.4, -0.2) is 11.6 Å². The molecular weight excluding hydrogens is 234 g/mol. The van der Waals surface area contributed by atoms with E-state index in [1.54, 1.807) is 0 Å². The quantitative estimate of drug-likeness (QED) is 0.607. The van der Waals surface area contributed by atoms with Crippen LogP contribution in [0.4, 0.5) is 0 Å². The predicted molar refractivity (Wildman–Crippen MR) is 81.8 cm³/mol. The molecule has 1 aromatic heterocycles. The molecule has 0 amide bonds. The number of benzene rings is 1. The molecule has 1 heterocycles. The van der Waals surface area contributed by atoms with E-state index in [0.29, 0.717) is 0 Å². The highest BCUT2D eigenvalue weighted by Crippen LogP contribution is 2.24. The Hall–Kier alpha value is -1.44. The number of hydrogen-bond acceptors (Lipinski definition) is 1. The van der Waals surface area contributed by atoms with E-state index in [2.05, 4.69) is 30.1 Å². The van der Waals surface area contributed by atoms with Crippen LogP contribution in [0.1, 0.15) is 51.9 Å². The minimum atomic E-state index is 0.831. The number of ether oxygens (including phenoxy) is 1. The van der Waals surface area contributed by atoms with Crippen LogP contribution in [0.15, 0.2) is 30.5 Å².